The third-order valence-electron chi connectivity index (χ3n) is 16.9. The van der Waals surface area contributed by atoms with Gasteiger partial charge in [0.15, 0.2) is 6.10 Å². The second-order valence-electron chi connectivity index (χ2n) is 25.2. The van der Waals surface area contributed by atoms with Gasteiger partial charge in [-0.25, -0.2) is 0 Å². The van der Waals surface area contributed by atoms with Crippen molar-refractivity contribution in [2.24, 2.45) is 0 Å². The van der Waals surface area contributed by atoms with Gasteiger partial charge in [-0.05, 0) is 70.6 Å². The Balaban J connectivity index is 4.23. The van der Waals surface area contributed by atoms with Crippen molar-refractivity contribution in [1.29, 1.82) is 0 Å². The van der Waals surface area contributed by atoms with Crippen molar-refractivity contribution in [2.45, 2.75) is 425 Å². The molecule has 0 saturated carbocycles. The lowest BCUT2D eigenvalue weighted by Crippen LogP contribution is -2.30. The highest BCUT2D eigenvalue weighted by atomic mass is 16.6. The van der Waals surface area contributed by atoms with Gasteiger partial charge in [-0.3, -0.25) is 14.4 Å². The van der Waals surface area contributed by atoms with Gasteiger partial charge in [0.1, 0.15) is 13.2 Å². The predicted molar refractivity (Wildman–Crippen MR) is 353 cm³/mol. The molecule has 1 unspecified atom stereocenters. The Morgan fingerprint density at radius 1 is 0.235 bits per heavy atom. The summed E-state index contributed by atoms with van der Waals surface area (Å²) < 4.78 is 17.0. The molecule has 81 heavy (non-hydrogen) atoms. The monoisotopic (exact) mass is 1140 g/mol. The molecular formula is C75H142O6. The van der Waals surface area contributed by atoms with Crippen molar-refractivity contribution in [1.82, 2.24) is 0 Å². The molecule has 0 saturated heterocycles. The molecule has 0 heterocycles. The molecule has 1 atom stereocenters. The maximum absolute atomic E-state index is 13.0. The minimum atomic E-state index is -0.773. The van der Waals surface area contributed by atoms with E-state index < -0.39 is 6.10 Å². The van der Waals surface area contributed by atoms with E-state index in [9.17, 15) is 14.4 Å². The molecule has 0 spiro atoms. The van der Waals surface area contributed by atoms with Crippen LogP contribution in [0.15, 0.2) is 24.3 Å². The molecule has 0 N–H and O–H groups in total. The van der Waals surface area contributed by atoms with Crippen LogP contribution in [0, 0.1) is 0 Å². The second-order valence-corrected chi connectivity index (χ2v) is 25.2. The summed E-state index contributed by atoms with van der Waals surface area (Å²) >= 11 is 0. The van der Waals surface area contributed by atoms with Crippen LogP contribution in [0.3, 0.4) is 0 Å². The minimum absolute atomic E-state index is 0.0681. The quantitative estimate of drug-likeness (QED) is 0.0261. The summed E-state index contributed by atoms with van der Waals surface area (Å²) in [4.78, 5) is 38.5. The van der Waals surface area contributed by atoms with Gasteiger partial charge in [0.2, 0.25) is 0 Å². The van der Waals surface area contributed by atoms with Crippen molar-refractivity contribution in [3.05, 3.63) is 24.3 Å². The van der Waals surface area contributed by atoms with Gasteiger partial charge in [0.25, 0.3) is 0 Å². The van der Waals surface area contributed by atoms with E-state index in [1.54, 1.807) is 0 Å². The van der Waals surface area contributed by atoms with E-state index in [1.165, 1.54) is 315 Å². The number of esters is 3. The van der Waals surface area contributed by atoms with Crippen LogP contribution >= 0.6 is 0 Å². The maximum Gasteiger partial charge on any atom is 0.306 e. The first-order chi connectivity index (χ1) is 40.0. The molecule has 0 aliphatic rings. The smallest absolute Gasteiger partial charge is 0.306 e. The Bertz CT molecular complexity index is 1310. The van der Waals surface area contributed by atoms with Crippen LogP contribution in [0.4, 0.5) is 0 Å². The highest BCUT2D eigenvalue weighted by Crippen LogP contribution is 2.19. The van der Waals surface area contributed by atoms with E-state index in [-0.39, 0.29) is 31.1 Å². The molecule has 0 aliphatic heterocycles. The van der Waals surface area contributed by atoms with Gasteiger partial charge in [0.05, 0.1) is 0 Å². The largest absolute Gasteiger partial charge is 0.462 e. The summed E-state index contributed by atoms with van der Waals surface area (Å²) in [5.74, 6) is -0.843. The number of ether oxygens (including phenoxy) is 3. The lowest BCUT2D eigenvalue weighted by molar-refractivity contribution is -0.167. The molecule has 0 fully saturated rings. The second kappa shape index (κ2) is 70.4. The molecule has 0 aromatic carbocycles. The normalized spacial score (nSPS) is 12.1. The fraction of sp³-hybridized carbons (Fsp3) is 0.907. The predicted octanol–water partition coefficient (Wildman–Crippen LogP) is 25.3. The molecule has 6 nitrogen and oxygen atoms in total. The first-order valence-corrected chi connectivity index (χ1v) is 36.8. The maximum atomic E-state index is 13.0. The van der Waals surface area contributed by atoms with Gasteiger partial charge in [-0.15, -0.1) is 0 Å². The fourth-order valence-electron chi connectivity index (χ4n) is 11.4. The van der Waals surface area contributed by atoms with Crippen LogP contribution in [-0.2, 0) is 28.6 Å². The molecule has 0 radical (unpaired) electrons. The zero-order valence-electron chi connectivity index (χ0n) is 55.1. The van der Waals surface area contributed by atoms with Crippen molar-refractivity contribution >= 4 is 17.9 Å². The van der Waals surface area contributed by atoms with Crippen LogP contribution < -0.4 is 0 Å². The Morgan fingerprint density at radius 3 is 0.617 bits per heavy atom. The van der Waals surface area contributed by atoms with Crippen LogP contribution in [-0.4, -0.2) is 37.2 Å². The zero-order valence-corrected chi connectivity index (χ0v) is 55.1. The van der Waals surface area contributed by atoms with Crippen LogP contribution in [0.2, 0.25) is 0 Å². The molecule has 0 aromatic heterocycles. The highest BCUT2D eigenvalue weighted by Gasteiger charge is 2.19. The number of allylic oxidation sites excluding steroid dienone is 4. The summed E-state index contributed by atoms with van der Waals surface area (Å²) in [7, 11) is 0. The Kier molecular flexibility index (Phi) is 68.5. The average Bonchev–Trinajstić information content (AvgIpc) is 3.47. The SMILES string of the molecule is CCCCCCC/C=C\CCCCCCCC(=O)OCC(COC(=O)CCCCCCCCCCCCCCC/C=C\CCCCCCCCCC)OC(=O)CCCCCCCCCCCCCCCCCCCCCCCCCC. The fourth-order valence-corrected chi connectivity index (χ4v) is 11.4. The zero-order chi connectivity index (χ0) is 58.5. The molecule has 0 amide bonds. The highest BCUT2D eigenvalue weighted by molar-refractivity contribution is 5.71. The molecule has 0 bridgehead atoms. The Hall–Kier alpha value is -2.11. The lowest BCUT2D eigenvalue weighted by Gasteiger charge is -2.18. The summed E-state index contributed by atoms with van der Waals surface area (Å²) in [5, 5.41) is 0. The number of hydrogen-bond acceptors (Lipinski definition) is 6. The molecule has 6 heteroatoms. The summed E-state index contributed by atoms with van der Waals surface area (Å²) in [5.41, 5.74) is 0. The van der Waals surface area contributed by atoms with Crippen molar-refractivity contribution in [3.63, 3.8) is 0 Å². The van der Waals surface area contributed by atoms with E-state index in [1.807, 2.05) is 0 Å². The van der Waals surface area contributed by atoms with Crippen LogP contribution in [0.1, 0.15) is 419 Å². The summed E-state index contributed by atoms with van der Waals surface area (Å²) in [6.07, 6.45) is 86.5. The third-order valence-corrected chi connectivity index (χ3v) is 16.9. The van der Waals surface area contributed by atoms with Gasteiger partial charge in [-0.2, -0.15) is 0 Å². The van der Waals surface area contributed by atoms with E-state index in [0.29, 0.717) is 19.3 Å². The van der Waals surface area contributed by atoms with Crippen molar-refractivity contribution < 1.29 is 28.6 Å². The molecular weight excluding hydrogens is 997 g/mol. The number of hydrogen-bond donors (Lipinski definition) is 0. The Morgan fingerprint density at radius 2 is 0.407 bits per heavy atom. The molecule has 0 aliphatic carbocycles. The number of carbonyl (C=O) groups excluding carboxylic acids is 3. The number of rotatable bonds is 69. The third kappa shape index (κ3) is 68.6. The van der Waals surface area contributed by atoms with E-state index in [2.05, 4.69) is 45.1 Å². The molecule has 478 valence electrons. The van der Waals surface area contributed by atoms with Gasteiger partial charge in [-0.1, -0.05) is 353 Å². The van der Waals surface area contributed by atoms with Gasteiger partial charge < -0.3 is 14.2 Å². The van der Waals surface area contributed by atoms with Gasteiger partial charge in [0, 0.05) is 19.3 Å². The van der Waals surface area contributed by atoms with E-state index >= 15 is 0 Å². The molecule has 0 rings (SSSR count). The first-order valence-electron chi connectivity index (χ1n) is 36.8. The van der Waals surface area contributed by atoms with Crippen molar-refractivity contribution in [3.8, 4) is 0 Å². The van der Waals surface area contributed by atoms with Crippen LogP contribution in [0.5, 0.6) is 0 Å². The van der Waals surface area contributed by atoms with Gasteiger partial charge >= 0.3 is 17.9 Å². The van der Waals surface area contributed by atoms with Crippen molar-refractivity contribution in [2.75, 3.05) is 13.2 Å². The standard InChI is InChI=1S/C75H142O6/c1-4-7-10-13-16-19-22-25-28-30-32-34-36-38-40-41-43-45-47-50-53-56-59-62-65-68-74(77)80-71-72(70-79-73(76)67-64-61-58-55-52-49-27-24-21-18-15-12-9-6-3)81-75(78)69-66-63-60-57-54-51-48-46-44-42-39-37-35-33-31-29-26-23-20-17-14-11-8-5-2/h24,27,30,32,72H,4-23,25-26,28-29,31,33-71H2,1-3H3/b27-24-,32-30-. The number of unbranched alkanes of at least 4 members (excludes halogenated alkanes) is 54. The average molecular weight is 1140 g/mol. The number of carbonyl (C=O) groups is 3. The molecule has 0 aromatic rings. The summed E-state index contributed by atoms with van der Waals surface area (Å²) in [6.45, 7) is 6.71. The van der Waals surface area contributed by atoms with E-state index in [0.717, 1.165) is 64.2 Å². The minimum Gasteiger partial charge on any atom is -0.462 e. The lowest BCUT2D eigenvalue weighted by atomic mass is 10.0. The van der Waals surface area contributed by atoms with E-state index in [4.69, 9.17) is 14.2 Å². The first kappa shape index (κ1) is 78.9. The van der Waals surface area contributed by atoms with Crippen LogP contribution in [0.25, 0.3) is 0 Å². The topological polar surface area (TPSA) is 78.9 Å². The Labute approximate surface area is 506 Å². The summed E-state index contributed by atoms with van der Waals surface area (Å²) in [6, 6.07) is 0.